The summed E-state index contributed by atoms with van der Waals surface area (Å²) in [5.41, 5.74) is 1.16. The zero-order valence-corrected chi connectivity index (χ0v) is 18.0. The number of hydrogen-bond acceptors (Lipinski definition) is 2. The molecule has 2 nitrogen and oxygen atoms in total. The van der Waals surface area contributed by atoms with Crippen LogP contribution in [0.3, 0.4) is 0 Å². The summed E-state index contributed by atoms with van der Waals surface area (Å²) in [6.07, 6.45) is 11.0. The monoisotopic (exact) mass is 370 g/mol. The van der Waals surface area contributed by atoms with Crippen molar-refractivity contribution >= 4 is 11.6 Å². The van der Waals surface area contributed by atoms with E-state index in [0.29, 0.717) is 47.8 Å². The topological polar surface area (TPSA) is 34.1 Å². The molecule has 4 aliphatic rings. The van der Waals surface area contributed by atoms with Gasteiger partial charge in [0.25, 0.3) is 0 Å². The number of ketones is 2. The lowest BCUT2D eigenvalue weighted by molar-refractivity contribution is -0.131. The van der Waals surface area contributed by atoms with Gasteiger partial charge >= 0.3 is 0 Å². The molecule has 3 fully saturated rings. The van der Waals surface area contributed by atoms with Gasteiger partial charge in [-0.05, 0) is 78.6 Å². The zero-order valence-electron chi connectivity index (χ0n) is 18.0. The highest BCUT2D eigenvalue weighted by Crippen LogP contribution is 2.66. The van der Waals surface area contributed by atoms with Crippen LogP contribution in [-0.2, 0) is 9.59 Å². The van der Waals surface area contributed by atoms with Crippen molar-refractivity contribution in [1.82, 2.24) is 0 Å². The Hall–Kier alpha value is -1.18. The predicted octanol–water partition coefficient (Wildman–Crippen LogP) is 6.16. The Morgan fingerprint density at radius 3 is 2.48 bits per heavy atom. The third-order valence-corrected chi connectivity index (χ3v) is 8.87. The third-order valence-electron chi connectivity index (χ3n) is 8.87. The molecule has 3 saturated carbocycles. The fraction of sp³-hybridized carbons (Fsp3) is 0.760. The van der Waals surface area contributed by atoms with E-state index in [2.05, 4.69) is 33.4 Å². The maximum atomic E-state index is 13.0. The first kappa shape index (κ1) is 20.6. The Balaban J connectivity index is 0.00000102. The lowest BCUT2D eigenvalue weighted by Crippen LogP contribution is -2.53. The SMILES string of the molecule is C=C[C@@H](C)C1CCC2C3CC(=O)C4=CC(=O)CCC4(C)C3CCC21C.CC. The average Bonchev–Trinajstić information content (AvgIpc) is 3.02. The molecule has 0 heterocycles. The van der Waals surface area contributed by atoms with Crippen LogP contribution in [0.2, 0.25) is 0 Å². The summed E-state index contributed by atoms with van der Waals surface area (Å²) in [6.45, 7) is 15.1. The van der Waals surface area contributed by atoms with Gasteiger partial charge in [-0.3, -0.25) is 9.59 Å². The Labute approximate surface area is 165 Å². The molecule has 0 aromatic rings. The van der Waals surface area contributed by atoms with Gasteiger partial charge in [-0.15, -0.1) is 6.58 Å². The van der Waals surface area contributed by atoms with E-state index < -0.39 is 0 Å². The van der Waals surface area contributed by atoms with Gasteiger partial charge in [0, 0.05) is 18.4 Å². The highest BCUT2D eigenvalue weighted by molar-refractivity contribution is 6.05. The number of Topliss-reactive ketones (excluding diaryl/α,β-unsaturated/α-hetero) is 1. The van der Waals surface area contributed by atoms with Crippen LogP contribution in [-0.4, -0.2) is 11.6 Å². The molecule has 0 radical (unpaired) electrons. The van der Waals surface area contributed by atoms with E-state index in [4.69, 9.17) is 0 Å². The maximum Gasteiger partial charge on any atom is 0.159 e. The molecule has 0 saturated heterocycles. The summed E-state index contributed by atoms with van der Waals surface area (Å²) >= 11 is 0. The molecule has 0 aliphatic heterocycles. The average molecular weight is 371 g/mol. The Morgan fingerprint density at radius 1 is 1.11 bits per heavy atom. The second-order valence-electron chi connectivity index (χ2n) is 9.77. The lowest BCUT2D eigenvalue weighted by Gasteiger charge is -2.57. The molecule has 0 aromatic carbocycles. The Kier molecular flexibility index (Phi) is 5.58. The molecule has 7 atom stereocenters. The van der Waals surface area contributed by atoms with E-state index in [1.165, 1.54) is 25.7 Å². The number of allylic oxidation sites excluding steroid dienone is 2. The fourth-order valence-electron chi connectivity index (χ4n) is 7.46. The van der Waals surface area contributed by atoms with Crippen LogP contribution in [0, 0.1) is 40.4 Å². The van der Waals surface area contributed by atoms with Crippen molar-refractivity contribution in [1.29, 1.82) is 0 Å². The van der Waals surface area contributed by atoms with Gasteiger partial charge in [0.15, 0.2) is 11.6 Å². The highest BCUT2D eigenvalue weighted by atomic mass is 16.1. The number of rotatable bonds is 2. The second kappa shape index (κ2) is 7.33. The summed E-state index contributed by atoms with van der Waals surface area (Å²) in [6, 6.07) is 0. The van der Waals surface area contributed by atoms with Crippen molar-refractivity contribution < 1.29 is 9.59 Å². The minimum Gasteiger partial charge on any atom is -0.295 e. The van der Waals surface area contributed by atoms with Crippen molar-refractivity contribution in [3.05, 3.63) is 24.3 Å². The maximum absolute atomic E-state index is 13.0. The second-order valence-corrected chi connectivity index (χ2v) is 9.77. The van der Waals surface area contributed by atoms with Gasteiger partial charge in [-0.25, -0.2) is 0 Å². The molecule has 4 rings (SSSR count). The Morgan fingerprint density at radius 2 is 1.81 bits per heavy atom. The Bertz CT molecular complexity index is 659. The predicted molar refractivity (Wildman–Crippen MR) is 111 cm³/mol. The largest absolute Gasteiger partial charge is 0.295 e. The van der Waals surface area contributed by atoms with E-state index >= 15 is 0 Å². The minimum atomic E-state index is -0.0582. The summed E-state index contributed by atoms with van der Waals surface area (Å²) in [7, 11) is 0. The summed E-state index contributed by atoms with van der Waals surface area (Å²) < 4.78 is 0. The first-order valence-corrected chi connectivity index (χ1v) is 11.2. The van der Waals surface area contributed by atoms with Crippen LogP contribution in [0.1, 0.15) is 79.6 Å². The fourth-order valence-corrected chi connectivity index (χ4v) is 7.46. The van der Waals surface area contributed by atoms with Gasteiger partial charge in [0.05, 0.1) is 0 Å². The zero-order chi connectivity index (χ0) is 20.0. The molecule has 4 aliphatic carbocycles. The van der Waals surface area contributed by atoms with E-state index in [-0.39, 0.29) is 17.0 Å². The van der Waals surface area contributed by atoms with Gasteiger partial charge < -0.3 is 0 Å². The molecular weight excluding hydrogens is 332 g/mol. The summed E-state index contributed by atoms with van der Waals surface area (Å²) in [4.78, 5) is 24.9. The number of carbonyl (C=O) groups is 2. The van der Waals surface area contributed by atoms with Gasteiger partial charge in [-0.2, -0.15) is 0 Å². The van der Waals surface area contributed by atoms with Gasteiger partial charge in [0.1, 0.15) is 0 Å². The molecule has 0 bridgehead atoms. The summed E-state index contributed by atoms with van der Waals surface area (Å²) in [5, 5.41) is 0. The van der Waals surface area contributed by atoms with Crippen molar-refractivity contribution in [3.8, 4) is 0 Å². The smallest absolute Gasteiger partial charge is 0.159 e. The lowest BCUT2D eigenvalue weighted by atomic mass is 9.46. The van der Waals surface area contributed by atoms with Gasteiger partial charge in [0.2, 0.25) is 0 Å². The molecule has 0 spiro atoms. The van der Waals surface area contributed by atoms with Crippen molar-refractivity contribution in [2.75, 3.05) is 0 Å². The van der Waals surface area contributed by atoms with Crippen LogP contribution >= 0.6 is 0 Å². The van der Waals surface area contributed by atoms with Crippen LogP contribution < -0.4 is 0 Å². The van der Waals surface area contributed by atoms with E-state index in [9.17, 15) is 9.59 Å². The van der Waals surface area contributed by atoms with Crippen LogP contribution in [0.5, 0.6) is 0 Å². The van der Waals surface area contributed by atoms with Crippen LogP contribution in [0.25, 0.3) is 0 Å². The van der Waals surface area contributed by atoms with Gasteiger partial charge in [-0.1, -0.05) is 40.7 Å². The van der Waals surface area contributed by atoms with E-state index in [0.717, 1.165) is 12.0 Å². The van der Waals surface area contributed by atoms with Crippen molar-refractivity contribution in [3.63, 3.8) is 0 Å². The quantitative estimate of drug-likeness (QED) is 0.545. The van der Waals surface area contributed by atoms with E-state index in [1.54, 1.807) is 6.08 Å². The minimum absolute atomic E-state index is 0.0582. The molecule has 0 amide bonds. The van der Waals surface area contributed by atoms with Crippen LogP contribution in [0.15, 0.2) is 24.3 Å². The molecule has 0 aromatic heterocycles. The van der Waals surface area contributed by atoms with Crippen molar-refractivity contribution in [2.24, 2.45) is 40.4 Å². The van der Waals surface area contributed by atoms with E-state index in [1.807, 2.05) is 13.8 Å². The number of fused-ring (bicyclic) bond motifs is 5. The normalized spacial score (nSPS) is 44.1. The number of hydrogen-bond donors (Lipinski definition) is 0. The molecule has 2 heteroatoms. The summed E-state index contributed by atoms with van der Waals surface area (Å²) in [5.74, 6) is 3.46. The van der Waals surface area contributed by atoms with Crippen LogP contribution in [0.4, 0.5) is 0 Å². The van der Waals surface area contributed by atoms with Crippen molar-refractivity contribution in [2.45, 2.75) is 79.6 Å². The highest BCUT2D eigenvalue weighted by Gasteiger charge is 2.60. The molecule has 150 valence electrons. The molecule has 0 N–H and O–H groups in total. The molecule has 6 unspecified atom stereocenters. The standard InChI is InChI=1S/C23H32O2.C2H6/c1-5-14(2)17-6-7-18-16-13-21(25)20-12-15(24)8-10-23(20,4)19(16)9-11-22(17,18)3;1-2/h5,12,14,16-19H,1,6-11,13H2,2-4H3;1-2H3/t14-,16?,17?,18?,19?,22?,23?;/m1./s1. The molecule has 27 heavy (non-hydrogen) atoms. The molecular formula is C25H38O2. The third kappa shape index (κ3) is 2.98. The first-order valence-electron chi connectivity index (χ1n) is 11.2. The number of carbonyl (C=O) groups excluding carboxylic acids is 2. The first-order chi connectivity index (χ1) is 12.8.